The van der Waals surface area contributed by atoms with Gasteiger partial charge in [-0.3, -0.25) is 4.79 Å². The molecule has 0 aliphatic carbocycles. The number of esters is 1. The molecule has 0 aliphatic heterocycles. The lowest BCUT2D eigenvalue weighted by Crippen LogP contribution is -2.31. The molecule has 0 aliphatic rings. The summed E-state index contributed by atoms with van der Waals surface area (Å²) in [4.78, 5) is 24.2. The highest BCUT2D eigenvalue weighted by Gasteiger charge is 2.14. The lowest BCUT2D eigenvalue weighted by atomic mass is 10.00. The molecule has 26 heavy (non-hydrogen) atoms. The Balaban J connectivity index is 1.61. The minimum atomic E-state index is -0.498. The van der Waals surface area contributed by atoms with Gasteiger partial charge in [-0.15, -0.1) is 0 Å². The Morgan fingerprint density at radius 1 is 1.00 bits per heavy atom. The summed E-state index contributed by atoms with van der Waals surface area (Å²) in [6, 6.07) is 20.9. The molecule has 0 aromatic heterocycles. The quantitative estimate of drug-likeness (QED) is 0.704. The lowest BCUT2D eigenvalue weighted by molar-refractivity contribution is -0.124. The third-order valence-electron chi connectivity index (χ3n) is 4.26. The molecule has 1 N–H and O–H groups in total. The van der Waals surface area contributed by atoms with Crippen LogP contribution in [0.2, 0.25) is 0 Å². The predicted octanol–water partition coefficient (Wildman–Crippen LogP) is 4.18. The number of carbonyl (C=O) groups excluding carboxylic acids is 2. The molecule has 132 valence electrons. The van der Waals surface area contributed by atoms with Crippen LogP contribution in [-0.4, -0.2) is 18.5 Å². The van der Waals surface area contributed by atoms with E-state index in [9.17, 15) is 9.59 Å². The highest BCUT2D eigenvalue weighted by molar-refractivity contribution is 5.91. The zero-order chi connectivity index (χ0) is 18.5. The SMILES string of the molecule is Cc1cccc(C(=O)OCC(=O)N[C@@H](C)c2cccc3ccccc23)c1. The van der Waals surface area contributed by atoms with Crippen molar-refractivity contribution < 1.29 is 14.3 Å². The highest BCUT2D eigenvalue weighted by Crippen LogP contribution is 2.23. The van der Waals surface area contributed by atoms with E-state index in [-0.39, 0.29) is 18.6 Å². The van der Waals surface area contributed by atoms with Gasteiger partial charge in [0.25, 0.3) is 5.91 Å². The van der Waals surface area contributed by atoms with E-state index < -0.39 is 5.97 Å². The summed E-state index contributed by atoms with van der Waals surface area (Å²) in [7, 11) is 0. The maximum Gasteiger partial charge on any atom is 0.338 e. The first-order chi connectivity index (χ1) is 12.5. The number of rotatable bonds is 5. The van der Waals surface area contributed by atoms with Crippen LogP contribution < -0.4 is 5.32 Å². The van der Waals surface area contributed by atoms with Crippen LogP contribution in [0.3, 0.4) is 0 Å². The zero-order valence-electron chi connectivity index (χ0n) is 14.9. The smallest absolute Gasteiger partial charge is 0.338 e. The second-order valence-corrected chi connectivity index (χ2v) is 6.30. The average molecular weight is 347 g/mol. The molecule has 4 heteroatoms. The van der Waals surface area contributed by atoms with Crippen LogP contribution >= 0.6 is 0 Å². The molecule has 0 saturated heterocycles. The number of ether oxygens (including phenoxy) is 1. The van der Waals surface area contributed by atoms with E-state index in [2.05, 4.69) is 5.32 Å². The van der Waals surface area contributed by atoms with Gasteiger partial charge in [-0.25, -0.2) is 4.79 Å². The number of fused-ring (bicyclic) bond motifs is 1. The van der Waals surface area contributed by atoms with E-state index >= 15 is 0 Å². The molecule has 1 atom stereocenters. The Bertz CT molecular complexity index is 944. The Labute approximate surface area is 152 Å². The highest BCUT2D eigenvalue weighted by atomic mass is 16.5. The van der Waals surface area contributed by atoms with Crippen LogP contribution in [0.15, 0.2) is 66.7 Å². The Kier molecular flexibility index (Phi) is 5.32. The summed E-state index contributed by atoms with van der Waals surface area (Å²) in [5, 5.41) is 5.11. The van der Waals surface area contributed by atoms with Crippen molar-refractivity contribution >= 4 is 22.6 Å². The van der Waals surface area contributed by atoms with Gasteiger partial charge in [0.05, 0.1) is 11.6 Å². The largest absolute Gasteiger partial charge is 0.452 e. The topological polar surface area (TPSA) is 55.4 Å². The second-order valence-electron chi connectivity index (χ2n) is 6.30. The molecule has 0 heterocycles. The Morgan fingerprint density at radius 3 is 2.54 bits per heavy atom. The minimum absolute atomic E-state index is 0.189. The van der Waals surface area contributed by atoms with E-state index in [1.807, 2.05) is 62.4 Å². The molecule has 3 rings (SSSR count). The summed E-state index contributed by atoms with van der Waals surface area (Å²) in [6.07, 6.45) is 0. The summed E-state index contributed by atoms with van der Waals surface area (Å²) in [5.41, 5.74) is 2.44. The van der Waals surface area contributed by atoms with Crippen LogP contribution in [0.5, 0.6) is 0 Å². The van der Waals surface area contributed by atoms with Gasteiger partial charge < -0.3 is 10.1 Å². The minimum Gasteiger partial charge on any atom is -0.452 e. The summed E-state index contributed by atoms with van der Waals surface area (Å²) in [6.45, 7) is 3.51. The van der Waals surface area contributed by atoms with Crippen LogP contribution in [-0.2, 0) is 9.53 Å². The van der Waals surface area contributed by atoms with Crippen molar-refractivity contribution in [2.45, 2.75) is 19.9 Å². The second kappa shape index (κ2) is 7.83. The Morgan fingerprint density at radius 2 is 1.73 bits per heavy atom. The van der Waals surface area contributed by atoms with Gasteiger partial charge in [0.2, 0.25) is 0 Å². The first kappa shape index (κ1) is 17.7. The van der Waals surface area contributed by atoms with E-state index in [4.69, 9.17) is 4.74 Å². The molecule has 0 bridgehead atoms. The molecule has 0 radical (unpaired) electrons. The predicted molar refractivity (Wildman–Crippen MR) is 102 cm³/mol. The number of aryl methyl sites for hydroxylation is 1. The number of amides is 1. The fourth-order valence-corrected chi connectivity index (χ4v) is 2.98. The molecular formula is C22H21NO3. The fraction of sp³-hybridized carbons (Fsp3) is 0.182. The van der Waals surface area contributed by atoms with Gasteiger partial charge >= 0.3 is 5.97 Å². The van der Waals surface area contributed by atoms with E-state index in [1.165, 1.54) is 0 Å². The normalized spacial score (nSPS) is 11.8. The molecule has 3 aromatic rings. The van der Waals surface area contributed by atoms with Crippen LogP contribution in [0, 0.1) is 6.92 Å². The van der Waals surface area contributed by atoms with E-state index in [1.54, 1.807) is 18.2 Å². The standard InChI is InChI=1S/C22H21NO3/c1-15-7-5-10-18(13-15)22(25)26-14-21(24)23-16(2)19-12-6-9-17-8-3-4-11-20(17)19/h3-13,16H,14H2,1-2H3,(H,23,24)/t16-/m0/s1. The maximum atomic E-state index is 12.2. The Hall–Kier alpha value is -3.14. The molecule has 0 spiro atoms. The first-order valence-electron chi connectivity index (χ1n) is 8.55. The summed E-state index contributed by atoms with van der Waals surface area (Å²) in [5.74, 6) is -0.826. The number of hydrogen-bond donors (Lipinski definition) is 1. The van der Waals surface area contributed by atoms with Crippen molar-refractivity contribution in [2.24, 2.45) is 0 Å². The van der Waals surface area contributed by atoms with Gasteiger partial charge in [-0.1, -0.05) is 60.2 Å². The van der Waals surface area contributed by atoms with Gasteiger partial charge in [0.1, 0.15) is 0 Å². The van der Waals surface area contributed by atoms with Gasteiger partial charge in [-0.05, 0) is 42.3 Å². The molecule has 0 saturated carbocycles. The molecule has 3 aromatic carbocycles. The third kappa shape index (κ3) is 4.09. The number of hydrogen-bond acceptors (Lipinski definition) is 3. The fourth-order valence-electron chi connectivity index (χ4n) is 2.98. The first-order valence-corrected chi connectivity index (χ1v) is 8.55. The number of carbonyl (C=O) groups is 2. The lowest BCUT2D eigenvalue weighted by Gasteiger charge is -2.16. The summed E-state index contributed by atoms with van der Waals surface area (Å²) >= 11 is 0. The summed E-state index contributed by atoms with van der Waals surface area (Å²) < 4.78 is 5.12. The van der Waals surface area contributed by atoms with Crippen molar-refractivity contribution in [3.63, 3.8) is 0 Å². The van der Waals surface area contributed by atoms with Crippen molar-refractivity contribution in [1.29, 1.82) is 0 Å². The van der Waals surface area contributed by atoms with Crippen LogP contribution in [0.25, 0.3) is 10.8 Å². The van der Waals surface area contributed by atoms with Crippen LogP contribution in [0.4, 0.5) is 0 Å². The molecule has 0 unspecified atom stereocenters. The van der Waals surface area contributed by atoms with Crippen molar-refractivity contribution in [1.82, 2.24) is 5.32 Å². The van der Waals surface area contributed by atoms with Crippen molar-refractivity contribution in [2.75, 3.05) is 6.61 Å². The molecule has 0 fully saturated rings. The van der Waals surface area contributed by atoms with E-state index in [0.29, 0.717) is 5.56 Å². The zero-order valence-corrected chi connectivity index (χ0v) is 14.9. The van der Waals surface area contributed by atoms with Gasteiger partial charge in [0.15, 0.2) is 6.61 Å². The number of benzene rings is 3. The van der Waals surface area contributed by atoms with Gasteiger partial charge in [0, 0.05) is 0 Å². The molecular weight excluding hydrogens is 326 g/mol. The average Bonchev–Trinajstić information content (AvgIpc) is 2.65. The van der Waals surface area contributed by atoms with Crippen molar-refractivity contribution in [3.05, 3.63) is 83.4 Å². The monoisotopic (exact) mass is 347 g/mol. The molecule has 1 amide bonds. The molecule has 4 nitrogen and oxygen atoms in total. The van der Waals surface area contributed by atoms with E-state index in [0.717, 1.165) is 21.9 Å². The maximum absolute atomic E-state index is 12.2. The van der Waals surface area contributed by atoms with Crippen LogP contribution in [0.1, 0.15) is 34.5 Å². The number of nitrogens with one attached hydrogen (secondary N) is 1. The van der Waals surface area contributed by atoms with Crippen molar-refractivity contribution in [3.8, 4) is 0 Å². The third-order valence-corrected chi connectivity index (χ3v) is 4.26. The van der Waals surface area contributed by atoms with Gasteiger partial charge in [-0.2, -0.15) is 0 Å².